The highest BCUT2D eigenvalue weighted by Crippen LogP contribution is 2.21. The smallest absolute Gasteiger partial charge is 0.251 e. The molecule has 3 aromatic rings. The number of hydrogen-bond donors (Lipinski definition) is 2. The maximum absolute atomic E-state index is 12.6. The molecule has 2 aromatic carbocycles. The molecule has 0 saturated carbocycles. The highest BCUT2D eigenvalue weighted by Gasteiger charge is 2.20. The van der Waals surface area contributed by atoms with Crippen molar-refractivity contribution in [3.05, 3.63) is 69.1 Å². The third-order valence-corrected chi connectivity index (χ3v) is 6.22. The number of carbonyl (C=O) groups excluding carboxylic acids is 2. The molecule has 0 saturated heterocycles. The van der Waals surface area contributed by atoms with Crippen LogP contribution in [0.3, 0.4) is 0 Å². The van der Waals surface area contributed by atoms with E-state index in [0.717, 1.165) is 14.8 Å². The molecular formula is C22H24IN5O2S. The van der Waals surface area contributed by atoms with Gasteiger partial charge in [0.05, 0.1) is 11.8 Å². The minimum atomic E-state index is -0.324. The molecule has 162 valence electrons. The Morgan fingerprint density at radius 2 is 1.90 bits per heavy atom. The molecule has 0 aliphatic rings. The van der Waals surface area contributed by atoms with E-state index in [0.29, 0.717) is 23.1 Å². The lowest BCUT2D eigenvalue weighted by Gasteiger charge is -2.15. The molecule has 0 bridgehead atoms. The van der Waals surface area contributed by atoms with Crippen LogP contribution in [0.15, 0.2) is 53.7 Å². The van der Waals surface area contributed by atoms with E-state index in [9.17, 15) is 9.59 Å². The summed E-state index contributed by atoms with van der Waals surface area (Å²) in [5.41, 5.74) is 2.40. The van der Waals surface area contributed by atoms with Gasteiger partial charge in [-0.05, 0) is 79.8 Å². The highest BCUT2D eigenvalue weighted by atomic mass is 127. The third-order valence-electron chi connectivity index (χ3n) is 4.54. The number of nitrogens with one attached hydrogen (secondary N) is 2. The van der Waals surface area contributed by atoms with Gasteiger partial charge in [0.1, 0.15) is 0 Å². The van der Waals surface area contributed by atoms with E-state index in [4.69, 9.17) is 0 Å². The van der Waals surface area contributed by atoms with E-state index < -0.39 is 0 Å². The van der Waals surface area contributed by atoms with Gasteiger partial charge in [-0.15, -0.1) is 10.2 Å². The van der Waals surface area contributed by atoms with Crippen molar-refractivity contribution in [1.29, 1.82) is 0 Å². The van der Waals surface area contributed by atoms with Gasteiger partial charge >= 0.3 is 0 Å². The first kappa shape index (κ1) is 23.3. The van der Waals surface area contributed by atoms with Crippen molar-refractivity contribution in [1.82, 2.24) is 20.1 Å². The van der Waals surface area contributed by atoms with Gasteiger partial charge < -0.3 is 15.2 Å². The zero-order valence-corrected chi connectivity index (χ0v) is 20.5. The zero-order valence-electron chi connectivity index (χ0n) is 17.6. The second-order valence-corrected chi connectivity index (χ2v) is 9.18. The Bertz CT molecular complexity index is 1070. The largest absolute Gasteiger partial charge is 0.342 e. The molecule has 2 N–H and O–H groups in total. The summed E-state index contributed by atoms with van der Waals surface area (Å²) in [6.45, 7) is 6.44. The Kier molecular flexibility index (Phi) is 8.08. The van der Waals surface area contributed by atoms with Crippen LogP contribution in [0, 0.1) is 10.5 Å². The van der Waals surface area contributed by atoms with Crippen LogP contribution in [0.25, 0.3) is 0 Å². The minimum absolute atomic E-state index is 0.112. The number of hydrogen-bond acceptors (Lipinski definition) is 5. The number of aryl methyl sites for hydroxylation is 1. The summed E-state index contributed by atoms with van der Waals surface area (Å²) < 4.78 is 3.03. The summed E-state index contributed by atoms with van der Waals surface area (Å²) in [6.07, 6.45) is 0. The Labute approximate surface area is 199 Å². The maximum atomic E-state index is 12.6. The van der Waals surface area contributed by atoms with E-state index in [1.165, 1.54) is 11.8 Å². The predicted molar refractivity (Wildman–Crippen MR) is 131 cm³/mol. The van der Waals surface area contributed by atoms with E-state index in [1.54, 1.807) is 6.07 Å². The molecule has 0 fully saturated rings. The molecule has 0 aliphatic heterocycles. The summed E-state index contributed by atoms with van der Waals surface area (Å²) >= 11 is 3.54. The van der Waals surface area contributed by atoms with Crippen LogP contribution >= 0.6 is 34.4 Å². The summed E-state index contributed by atoms with van der Waals surface area (Å²) in [5.74, 6) is 0.602. The van der Waals surface area contributed by atoms with Crippen molar-refractivity contribution in [2.75, 3.05) is 11.1 Å². The van der Waals surface area contributed by atoms with Gasteiger partial charge in [0, 0.05) is 21.4 Å². The van der Waals surface area contributed by atoms with Gasteiger partial charge in [-0.2, -0.15) is 0 Å². The molecule has 0 radical (unpaired) electrons. The van der Waals surface area contributed by atoms with E-state index in [-0.39, 0.29) is 23.6 Å². The van der Waals surface area contributed by atoms with Crippen LogP contribution in [0.5, 0.6) is 0 Å². The Balaban J connectivity index is 1.62. The fourth-order valence-electron chi connectivity index (χ4n) is 3.02. The van der Waals surface area contributed by atoms with E-state index >= 15 is 0 Å². The third kappa shape index (κ3) is 6.30. The molecule has 1 atom stereocenters. The fourth-order valence-corrected chi connectivity index (χ4v) is 4.18. The molecule has 3 rings (SSSR count). The summed E-state index contributed by atoms with van der Waals surface area (Å²) in [7, 11) is 0. The standard InChI is InChI=1S/C22H24IN5O2S/c1-4-28-20(15(3)24-21(30)16-7-5-6-14(2)12-16)26-27-22(28)31-13-19(29)25-18-10-8-17(23)9-11-18/h5-12,15H,4,13H2,1-3H3,(H,24,30)(H,25,29)/t15-/m1/s1. The summed E-state index contributed by atoms with van der Waals surface area (Å²) in [6, 6.07) is 14.7. The summed E-state index contributed by atoms with van der Waals surface area (Å²) in [5, 5.41) is 15.0. The lowest BCUT2D eigenvalue weighted by Crippen LogP contribution is -2.28. The number of carbonyl (C=O) groups is 2. The van der Waals surface area contributed by atoms with Gasteiger partial charge in [-0.3, -0.25) is 9.59 Å². The quantitative estimate of drug-likeness (QED) is 0.321. The van der Waals surface area contributed by atoms with Crippen LogP contribution in [-0.4, -0.2) is 32.3 Å². The molecule has 0 spiro atoms. The van der Waals surface area contributed by atoms with Crippen LogP contribution in [0.4, 0.5) is 5.69 Å². The molecule has 31 heavy (non-hydrogen) atoms. The van der Waals surface area contributed by atoms with Gasteiger partial charge in [0.25, 0.3) is 5.91 Å². The number of thioether (sulfide) groups is 1. The van der Waals surface area contributed by atoms with Crippen molar-refractivity contribution in [3.8, 4) is 0 Å². The zero-order chi connectivity index (χ0) is 22.4. The van der Waals surface area contributed by atoms with Crippen molar-refractivity contribution in [2.24, 2.45) is 0 Å². The van der Waals surface area contributed by atoms with E-state index in [1.807, 2.05) is 67.8 Å². The van der Waals surface area contributed by atoms with Gasteiger partial charge in [-0.25, -0.2) is 0 Å². The average molecular weight is 549 g/mol. The first-order valence-corrected chi connectivity index (χ1v) is 11.9. The van der Waals surface area contributed by atoms with Crippen molar-refractivity contribution < 1.29 is 9.59 Å². The SMILES string of the molecule is CCn1c(SCC(=O)Nc2ccc(I)cc2)nnc1[C@@H](C)NC(=O)c1cccc(C)c1. The number of benzene rings is 2. The number of nitrogens with zero attached hydrogens (tertiary/aromatic N) is 3. The minimum Gasteiger partial charge on any atom is -0.342 e. The van der Waals surface area contributed by atoms with Gasteiger partial charge in [0.15, 0.2) is 11.0 Å². The number of aromatic nitrogens is 3. The van der Waals surface area contributed by atoms with Gasteiger partial charge in [0.2, 0.25) is 5.91 Å². The van der Waals surface area contributed by atoms with Crippen LogP contribution < -0.4 is 10.6 Å². The molecule has 1 aromatic heterocycles. The number of halogens is 1. The van der Waals surface area contributed by atoms with Crippen LogP contribution in [0.1, 0.15) is 41.6 Å². The second-order valence-electron chi connectivity index (χ2n) is 6.99. The number of amides is 2. The molecule has 1 heterocycles. The molecule has 2 amide bonds. The Hall–Kier alpha value is -2.40. The first-order valence-electron chi connectivity index (χ1n) is 9.86. The molecule has 0 aliphatic carbocycles. The normalized spacial score (nSPS) is 11.7. The fraction of sp³-hybridized carbons (Fsp3) is 0.273. The van der Waals surface area contributed by atoms with Crippen molar-refractivity contribution in [2.45, 2.75) is 38.5 Å². The summed E-state index contributed by atoms with van der Waals surface area (Å²) in [4.78, 5) is 24.9. The number of rotatable bonds is 8. The molecule has 9 heteroatoms. The maximum Gasteiger partial charge on any atom is 0.251 e. The monoisotopic (exact) mass is 549 g/mol. The van der Waals surface area contributed by atoms with Crippen LogP contribution in [-0.2, 0) is 11.3 Å². The van der Waals surface area contributed by atoms with Gasteiger partial charge in [-0.1, -0.05) is 29.5 Å². The van der Waals surface area contributed by atoms with Crippen molar-refractivity contribution >= 4 is 51.9 Å². The molecule has 7 nitrogen and oxygen atoms in total. The first-order chi connectivity index (χ1) is 14.9. The second kappa shape index (κ2) is 10.8. The number of anilines is 1. The molecule has 0 unspecified atom stereocenters. The Morgan fingerprint density at radius 3 is 2.58 bits per heavy atom. The Morgan fingerprint density at radius 1 is 1.16 bits per heavy atom. The lowest BCUT2D eigenvalue weighted by molar-refractivity contribution is -0.113. The predicted octanol–water partition coefficient (Wildman–Crippen LogP) is 4.43. The topological polar surface area (TPSA) is 88.9 Å². The lowest BCUT2D eigenvalue weighted by atomic mass is 10.1. The average Bonchev–Trinajstić information content (AvgIpc) is 3.17. The van der Waals surface area contributed by atoms with Crippen LogP contribution in [0.2, 0.25) is 0 Å². The highest BCUT2D eigenvalue weighted by molar-refractivity contribution is 14.1. The van der Waals surface area contributed by atoms with Crippen molar-refractivity contribution in [3.63, 3.8) is 0 Å². The molecular weight excluding hydrogens is 525 g/mol. The van der Waals surface area contributed by atoms with E-state index in [2.05, 4.69) is 43.4 Å².